The van der Waals surface area contributed by atoms with E-state index in [9.17, 15) is 36.6 Å². The van der Waals surface area contributed by atoms with Crippen LogP contribution in [0.2, 0.25) is 0 Å². The summed E-state index contributed by atoms with van der Waals surface area (Å²) in [5.41, 5.74) is -0.460. The third kappa shape index (κ3) is 5.04. The number of aromatic carboxylic acids is 1. The Morgan fingerprint density at radius 1 is 1.00 bits per heavy atom. The van der Waals surface area contributed by atoms with E-state index in [-0.39, 0.29) is 39.2 Å². The van der Waals surface area contributed by atoms with Crippen molar-refractivity contribution < 1.29 is 41.1 Å². The molecular formula is C25H17F5N2O4. The molecule has 4 aromatic rings. The molecule has 2 aromatic heterocycles. The molecule has 0 saturated heterocycles. The highest BCUT2D eigenvalue weighted by molar-refractivity contribution is 6.11. The fraction of sp³-hybridized carbons (Fsp3) is 0.160. The van der Waals surface area contributed by atoms with Crippen LogP contribution in [-0.4, -0.2) is 35.2 Å². The molecule has 4 rings (SSSR count). The van der Waals surface area contributed by atoms with Gasteiger partial charge in [-0.25, -0.2) is 18.6 Å². The molecule has 2 N–H and O–H groups in total. The standard InChI is InChI=1S/C25H17F5N2O4/c1-31-22(33)20-18-11-17(13-8-14(24(34)35)10-16(27)9-13)19(6-7-25(28,29)30)32-23(18)36-21(20)12-2-4-15(26)5-3-12/h2-5,8-11H,6-7H2,1H3,(H,31,33)(H,34,35). The Bertz CT molecular complexity index is 1480. The van der Waals surface area contributed by atoms with Crippen LogP contribution in [0.1, 0.15) is 32.8 Å². The summed E-state index contributed by atoms with van der Waals surface area (Å²) in [4.78, 5) is 28.4. The third-order valence-electron chi connectivity index (χ3n) is 5.42. The topological polar surface area (TPSA) is 92.4 Å². The summed E-state index contributed by atoms with van der Waals surface area (Å²) in [6, 6.07) is 9.16. The molecule has 1 amide bonds. The van der Waals surface area contributed by atoms with Crippen molar-refractivity contribution in [2.75, 3.05) is 7.05 Å². The molecule has 0 aliphatic rings. The lowest BCUT2D eigenvalue weighted by Crippen LogP contribution is -2.18. The van der Waals surface area contributed by atoms with Crippen molar-refractivity contribution in [1.29, 1.82) is 0 Å². The highest BCUT2D eigenvalue weighted by Crippen LogP contribution is 2.37. The van der Waals surface area contributed by atoms with Gasteiger partial charge in [0.05, 0.1) is 22.2 Å². The van der Waals surface area contributed by atoms with Gasteiger partial charge in [0.15, 0.2) is 0 Å². The summed E-state index contributed by atoms with van der Waals surface area (Å²) in [7, 11) is 1.35. The Morgan fingerprint density at radius 2 is 1.69 bits per heavy atom. The molecule has 11 heteroatoms. The number of carbonyl (C=O) groups is 2. The third-order valence-corrected chi connectivity index (χ3v) is 5.42. The molecule has 0 spiro atoms. The number of fused-ring (bicyclic) bond motifs is 1. The predicted octanol–water partition coefficient (Wildman–Crippen LogP) is 5.99. The van der Waals surface area contributed by atoms with Gasteiger partial charge < -0.3 is 14.8 Å². The van der Waals surface area contributed by atoms with Gasteiger partial charge in [0.2, 0.25) is 5.71 Å². The number of halogens is 5. The van der Waals surface area contributed by atoms with Crippen molar-refractivity contribution in [3.8, 4) is 22.5 Å². The smallest absolute Gasteiger partial charge is 0.389 e. The molecule has 2 aromatic carbocycles. The number of alkyl halides is 3. The van der Waals surface area contributed by atoms with Crippen molar-refractivity contribution in [3.63, 3.8) is 0 Å². The molecule has 2 heterocycles. The van der Waals surface area contributed by atoms with Crippen LogP contribution in [-0.2, 0) is 6.42 Å². The van der Waals surface area contributed by atoms with Crippen molar-refractivity contribution in [1.82, 2.24) is 10.3 Å². The number of rotatable bonds is 6. The lowest BCUT2D eigenvalue weighted by atomic mass is 9.96. The maximum atomic E-state index is 14.2. The maximum Gasteiger partial charge on any atom is 0.389 e. The first-order valence-electron chi connectivity index (χ1n) is 10.5. The number of carboxylic acid groups (broad SMARTS) is 1. The summed E-state index contributed by atoms with van der Waals surface area (Å²) in [5, 5.41) is 11.8. The minimum atomic E-state index is -4.53. The van der Waals surface area contributed by atoms with Crippen LogP contribution in [0.4, 0.5) is 22.0 Å². The van der Waals surface area contributed by atoms with Crippen LogP contribution in [0.25, 0.3) is 33.6 Å². The first-order valence-corrected chi connectivity index (χ1v) is 10.5. The molecule has 0 atom stereocenters. The maximum absolute atomic E-state index is 14.2. The number of furan rings is 1. The van der Waals surface area contributed by atoms with Gasteiger partial charge in [-0.1, -0.05) is 0 Å². The van der Waals surface area contributed by atoms with Crippen LogP contribution in [0.15, 0.2) is 52.9 Å². The Hall–Kier alpha value is -4.28. The molecule has 0 fully saturated rings. The van der Waals surface area contributed by atoms with Crippen LogP contribution >= 0.6 is 0 Å². The Kier molecular flexibility index (Phi) is 6.49. The Morgan fingerprint density at radius 3 is 2.31 bits per heavy atom. The van der Waals surface area contributed by atoms with Crippen molar-refractivity contribution in [2.45, 2.75) is 19.0 Å². The van der Waals surface area contributed by atoms with Gasteiger partial charge in [-0.2, -0.15) is 13.2 Å². The minimum absolute atomic E-state index is 0.00115. The monoisotopic (exact) mass is 504 g/mol. The minimum Gasteiger partial charge on any atom is -0.478 e. The predicted molar refractivity (Wildman–Crippen MR) is 120 cm³/mol. The second-order valence-electron chi connectivity index (χ2n) is 7.88. The SMILES string of the molecule is CNC(=O)c1c(-c2ccc(F)cc2)oc2nc(CCC(F)(F)F)c(-c3cc(F)cc(C(=O)O)c3)cc12. The van der Waals surface area contributed by atoms with Gasteiger partial charge in [-0.3, -0.25) is 4.79 Å². The number of hydrogen-bond donors (Lipinski definition) is 2. The number of benzene rings is 2. The van der Waals surface area contributed by atoms with E-state index in [1.807, 2.05) is 0 Å². The normalized spacial score (nSPS) is 11.6. The largest absolute Gasteiger partial charge is 0.478 e. The number of carbonyl (C=O) groups excluding carboxylic acids is 1. The number of aryl methyl sites for hydroxylation is 1. The zero-order valence-corrected chi connectivity index (χ0v) is 18.5. The molecule has 0 aliphatic heterocycles. The van der Waals surface area contributed by atoms with Gasteiger partial charge in [0.1, 0.15) is 17.4 Å². The number of nitrogens with one attached hydrogen (secondary N) is 1. The molecule has 0 radical (unpaired) electrons. The van der Waals surface area contributed by atoms with E-state index in [2.05, 4.69) is 10.3 Å². The molecule has 0 bridgehead atoms. The summed E-state index contributed by atoms with van der Waals surface area (Å²) < 4.78 is 72.5. The first-order chi connectivity index (χ1) is 17.0. The molecule has 186 valence electrons. The highest BCUT2D eigenvalue weighted by Gasteiger charge is 2.29. The number of hydrogen-bond acceptors (Lipinski definition) is 4. The van der Waals surface area contributed by atoms with Crippen molar-refractivity contribution in [3.05, 3.63) is 77.0 Å². The number of carboxylic acids is 1. The second-order valence-corrected chi connectivity index (χ2v) is 7.88. The molecule has 0 unspecified atom stereocenters. The average Bonchev–Trinajstić information content (AvgIpc) is 3.19. The van der Waals surface area contributed by atoms with E-state index in [4.69, 9.17) is 4.42 Å². The van der Waals surface area contributed by atoms with Crippen LogP contribution in [0.3, 0.4) is 0 Å². The Labute approximate surface area is 200 Å². The molecule has 6 nitrogen and oxygen atoms in total. The van der Waals surface area contributed by atoms with E-state index in [1.165, 1.54) is 25.2 Å². The van der Waals surface area contributed by atoms with Gasteiger partial charge in [-0.05, 0) is 60.5 Å². The molecule has 0 aliphatic carbocycles. The summed E-state index contributed by atoms with van der Waals surface area (Å²) in [6.45, 7) is 0. The highest BCUT2D eigenvalue weighted by atomic mass is 19.4. The average molecular weight is 504 g/mol. The van der Waals surface area contributed by atoms with E-state index >= 15 is 0 Å². The van der Waals surface area contributed by atoms with E-state index in [1.54, 1.807) is 0 Å². The summed E-state index contributed by atoms with van der Waals surface area (Å²) in [6.07, 6.45) is -6.40. The van der Waals surface area contributed by atoms with Crippen LogP contribution < -0.4 is 5.32 Å². The van der Waals surface area contributed by atoms with Crippen LogP contribution in [0, 0.1) is 11.6 Å². The molecular weight excluding hydrogens is 487 g/mol. The van der Waals surface area contributed by atoms with Gasteiger partial charge in [0.25, 0.3) is 5.91 Å². The first kappa shape index (κ1) is 24.8. The van der Waals surface area contributed by atoms with Crippen molar-refractivity contribution >= 4 is 23.0 Å². The zero-order valence-electron chi connectivity index (χ0n) is 18.5. The molecule has 36 heavy (non-hydrogen) atoms. The summed E-state index contributed by atoms with van der Waals surface area (Å²) >= 11 is 0. The number of pyridine rings is 1. The number of amides is 1. The lowest BCUT2D eigenvalue weighted by molar-refractivity contribution is -0.134. The number of aromatic nitrogens is 1. The van der Waals surface area contributed by atoms with Crippen molar-refractivity contribution in [2.24, 2.45) is 0 Å². The van der Waals surface area contributed by atoms with Crippen LogP contribution in [0.5, 0.6) is 0 Å². The fourth-order valence-electron chi connectivity index (χ4n) is 3.78. The van der Waals surface area contributed by atoms with E-state index in [0.717, 1.165) is 30.3 Å². The molecule has 0 saturated carbocycles. The zero-order chi connectivity index (χ0) is 26.2. The quantitative estimate of drug-likeness (QED) is 0.315. The number of nitrogens with zero attached hydrogens (tertiary/aromatic N) is 1. The second kappa shape index (κ2) is 9.40. The lowest BCUT2D eigenvalue weighted by Gasteiger charge is -2.12. The van der Waals surface area contributed by atoms with Gasteiger partial charge in [0, 0.05) is 24.6 Å². The Balaban J connectivity index is 2.01. The van der Waals surface area contributed by atoms with E-state index < -0.39 is 48.1 Å². The fourth-order valence-corrected chi connectivity index (χ4v) is 3.78. The van der Waals surface area contributed by atoms with Gasteiger partial charge >= 0.3 is 12.1 Å². The summed E-state index contributed by atoms with van der Waals surface area (Å²) in [5.74, 6) is -3.51. The van der Waals surface area contributed by atoms with E-state index in [0.29, 0.717) is 5.56 Å². The van der Waals surface area contributed by atoms with Gasteiger partial charge in [-0.15, -0.1) is 0 Å².